The molecule has 37 heavy (non-hydrogen) atoms. The van der Waals surface area contributed by atoms with Crippen molar-refractivity contribution in [1.82, 2.24) is 9.80 Å². The number of anilines is 1. The van der Waals surface area contributed by atoms with Crippen LogP contribution in [0, 0.1) is 5.92 Å². The van der Waals surface area contributed by atoms with Gasteiger partial charge < -0.3 is 14.7 Å². The lowest BCUT2D eigenvalue weighted by Gasteiger charge is -2.39. The zero-order valence-electron chi connectivity index (χ0n) is 21.0. The molecule has 8 heteroatoms. The van der Waals surface area contributed by atoms with Gasteiger partial charge in [-0.2, -0.15) is 13.2 Å². The summed E-state index contributed by atoms with van der Waals surface area (Å²) in [5.41, 5.74) is 1.78. The molecule has 0 saturated carbocycles. The average Bonchev–Trinajstić information content (AvgIpc) is 3.42. The molecule has 196 valence electrons. The number of piperidine rings is 1. The highest BCUT2D eigenvalue weighted by molar-refractivity contribution is 5.99. The molecule has 5 nitrogen and oxygen atoms in total. The van der Waals surface area contributed by atoms with E-state index in [1.807, 2.05) is 0 Å². The number of carbonyl (C=O) groups excluding carboxylic acids is 2. The van der Waals surface area contributed by atoms with Crippen molar-refractivity contribution < 1.29 is 22.8 Å². The van der Waals surface area contributed by atoms with Gasteiger partial charge in [-0.3, -0.25) is 9.59 Å². The minimum absolute atomic E-state index is 0.0310. The van der Waals surface area contributed by atoms with Crippen molar-refractivity contribution >= 4 is 23.6 Å². The predicted octanol–water partition coefficient (Wildman–Crippen LogP) is 4.97. The van der Waals surface area contributed by atoms with Crippen molar-refractivity contribution in [2.75, 3.05) is 44.7 Å². The molecule has 0 bridgehead atoms. The van der Waals surface area contributed by atoms with Gasteiger partial charge in [-0.15, -0.1) is 0 Å². The number of halogens is 3. The van der Waals surface area contributed by atoms with Crippen LogP contribution in [0.25, 0.3) is 6.08 Å². The number of rotatable bonds is 6. The van der Waals surface area contributed by atoms with Crippen molar-refractivity contribution in [3.63, 3.8) is 0 Å². The Morgan fingerprint density at radius 1 is 1.08 bits per heavy atom. The highest BCUT2D eigenvalue weighted by Gasteiger charge is 2.40. The Bertz CT molecular complexity index is 1200. The van der Waals surface area contributed by atoms with E-state index < -0.39 is 23.6 Å². The molecule has 3 aliphatic rings. The normalized spacial score (nSPS) is 21.0. The second kappa shape index (κ2) is 9.97. The standard InChI is InChI=1S/C29H32F3N3O2/c1-33-20-22(19-26(33)36)27(37)35(25-10-5-4-9-24(25)29(30,31)32)16-6-15-34-17-13-28(14-18-34)12-11-21-7-2-3-8-23(21)28/h2-5,7-12,22H,6,13-20H2,1H3. The molecule has 2 amide bonds. The molecule has 2 saturated heterocycles. The Kier molecular flexibility index (Phi) is 6.88. The van der Waals surface area contributed by atoms with Crippen molar-refractivity contribution in [3.05, 3.63) is 71.3 Å². The SMILES string of the molecule is CN1CC(C(=O)N(CCCN2CCC3(C=Cc4ccccc43)CC2)c2ccccc2C(F)(F)F)CC1=O. The van der Waals surface area contributed by atoms with E-state index in [2.05, 4.69) is 41.3 Å². The molecule has 2 aliphatic heterocycles. The zero-order valence-corrected chi connectivity index (χ0v) is 21.0. The first-order valence-corrected chi connectivity index (χ1v) is 12.9. The van der Waals surface area contributed by atoms with Crippen molar-refractivity contribution in [2.45, 2.75) is 37.3 Å². The van der Waals surface area contributed by atoms with Crippen LogP contribution < -0.4 is 4.90 Å². The molecule has 2 aromatic rings. The lowest BCUT2D eigenvalue weighted by atomic mass is 9.74. The molecular formula is C29H32F3N3O2. The number of allylic oxidation sites excluding steroid dienone is 1. The monoisotopic (exact) mass is 511 g/mol. The second-order valence-corrected chi connectivity index (χ2v) is 10.5. The van der Waals surface area contributed by atoms with Crippen LogP contribution in [0.4, 0.5) is 18.9 Å². The largest absolute Gasteiger partial charge is 0.418 e. The maximum absolute atomic E-state index is 13.8. The summed E-state index contributed by atoms with van der Waals surface area (Å²) in [5, 5.41) is 0. The number of nitrogens with zero attached hydrogens (tertiary/aromatic N) is 3. The third-order valence-corrected chi connectivity index (χ3v) is 8.14. The van der Waals surface area contributed by atoms with Gasteiger partial charge in [0, 0.05) is 32.0 Å². The number of amides is 2. The summed E-state index contributed by atoms with van der Waals surface area (Å²) in [5.74, 6) is -1.21. The summed E-state index contributed by atoms with van der Waals surface area (Å²) in [4.78, 5) is 30.6. The van der Waals surface area contributed by atoms with Gasteiger partial charge in [0.1, 0.15) is 0 Å². The van der Waals surface area contributed by atoms with Crippen LogP contribution in [-0.4, -0.2) is 61.4 Å². The molecule has 0 N–H and O–H groups in total. The Balaban J connectivity index is 1.26. The highest BCUT2D eigenvalue weighted by atomic mass is 19.4. The lowest BCUT2D eigenvalue weighted by Crippen LogP contribution is -2.43. The number of alkyl halides is 3. The number of para-hydroxylation sites is 1. The van der Waals surface area contributed by atoms with E-state index >= 15 is 0 Å². The van der Waals surface area contributed by atoms with Crippen molar-refractivity contribution in [1.29, 1.82) is 0 Å². The average molecular weight is 512 g/mol. The first-order chi connectivity index (χ1) is 17.7. The van der Waals surface area contributed by atoms with Crippen LogP contribution in [0.15, 0.2) is 54.6 Å². The van der Waals surface area contributed by atoms with Gasteiger partial charge >= 0.3 is 6.18 Å². The zero-order chi connectivity index (χ0) is 26.2. The van der Waals surface area contributed by atoms with E-state index in [1.54, 1.807) is 7.05 Å². The second-order valence-electron chi connectivity index (χ2n) is 10.5. The molecule has 2 fully saturated rings. The van der Waals surface area contributed by atoms with E-state index in [-0.39, 0.29) is 36.5 Å². The summed E-state index contributed by atoms with van der Waals surface area (Å²) in [6.45, 7) is 2.89. The first-order valence-electron chi connectivity index (χ1n) is 12.9. The molecule has 2 heterocycles. The van der Waals surface area contributed by atoms with Crippen molar-refractivity contribution in [3.8, 4) is 0 Å². The smallest absolute Gasteiger partial charge is 0.345 e. The van der Waals surface area contributed by atoms with Gasteiger partial charge in [-0.25, -0.2) is 0 Å². The maximum atomic E-state index is 13.8. The van der Waals surface area contributed by atoms with E-state index in [0.29, 0.717) is 13.0 Å². The number of fused-ring (bicyclic) bond motifs is 2. The number of benzene rings is 2. The van der Waals surface area contributed by atoms with Crippen LogP contribution in [0.2, 0.25) is 0 Å². The number of hydrogen-bond acceptors (Lipinski definition) is 3. The van der Waals surface area contributed by atoms with Gasteiger partial charge in [0.15, 0.2) is 0 Å². The summed E-state index contributed by atoms with van der Waals surface area (Å²) in [6.07, 6.45) is 2.52. The quantitative estimate of drug-likeness (QED) is 0.550. The molecule has 2 aromatic carbocycles. The van der Waals surface area contributed by atoms with Gasteiger partial charge in [-0.1, -0.05) is 48.6 Å². The van der Waals surface area contributed by atoms with Crippen LogP contribution in [-0.2, 0) is 21.2 Å². The van der Waals surface area contributed by atoms with E-state index in [4.69, 9.17) is 0 Å². The molecule has 0 radical (unpaired) electrons. The summed E-state index contributed by atoms with van der Waals surface area (Å²) in [7, 11) is 1.62. The van der Waals surface area contributed by atoms with Crippen LogP contribution in [0.5, 0.6) is 0 Å². The summed E-state index contributed by atoms with van der Waals surface area (Å²) < 4.78 is 41.5. The highest BCUT2D eigenvalue weighted by Crippen LogP contribution is 2.43. The van der Waals surface area contributed by atoms with E-state index in [1.165, 1.54) is 39.1 Å². The Morgan fingerprint density at radius 3 is 2.49 bits per heavy atom. The molecule has 1 spiro atoms. The van der Waals surface area contributed by atoms with E-state index in [0.717, 1.165) is 32.0 Å². The molecule has 1 atom stereocenters. The molecule has 1 aliphatic carbocycles. The fourth-order valence-corrected chi connectivity index (χ4v) is 6.05. The Hall–Kier alpha value is -3.13. The fraction of sp³-hybridized carbons (Fsp3) is 0.448. The van der Waals surface area contributed by atoms with Crippen LogP contribution in [0.1, 0.15) is 42.4 Å². The molecular weight excluding hydrogens is 479 g/mol. The lowest BCUT2D eigenvalue weighted by molar-refractivity contribution is -0.137. The van der Waals surface area contributed by atoms with Crippen LogP contribution in [0.3, 0.4) is 0 Å². The van der Waals surface area contributed by atoms with Gasteiger partial charge in [0.2, 0.25) is 11.8 Å². The Labute approximate surface area is 215 Å². The first kappa shape index (κ1) is 25.5. The van der Waals surface area contributed by atoms with E-state index in [9.17, 15) is 22.8 Å². The Morgan fingerprint density at radius 2 is 1.78 bits per heavy atom. The predicted molar refractivity (Wildman–Crippen MR) is 137 cm³/mol. The third kappa shape index (κ3) is 5.04. The maximum Gasteiger partial charge on any atom is 0.418 e. The van der Waals surface area contributed by atoms with Gasteiger partial charge in [-0.05, 0) is 62.2 Å². The number of hydrogen-bond donors (Lipinski definition) is 0. The fourth-order valence-electron chi connectivity index (χ4n) is 6.05. The summed E-state index contributed by atoms with van der Waals surface area (Å²) in [6, 6.07) is 13.7. The third-order valence-electron chi connectivity index (χ3n) is 8.14. The molecule has 0 aromatic heterocycles. The van der Waals surface area contributed by atoms with Crippen molar-refractivity contribution in [2.24, 2.45) is 5.92 Å². The number of likely N-dealkylation sites (tertiary alicyclic amines) is 2. The topological polar surface area (TPSA) is 43.9 Å². The molecule has 1 unspecified atom stereocenters. The van der Waals surface area contributed by atoms with Gasteiger partial charge in [0.05, 0.1) is 17.2 Å². The summed E-state index contributed by atoms with van der Waals surface area (Å²) >= 11 is 0. The minimum atomic E-state index is -4.58. The molecule has 5 rings (SSSR count). The number of carbonyl (C=O) groups is 2. The van der Waals surface area contributed by atoms with Crippen LogP contribution >= 0.6 is 0 Å². The minimum Gasteiger partial charge on any atom is -0.345 e. The van der Waals surface area contributed by atoms with Gasteiger partial charge in [0.25, 0.3) is 0 Å².